The average Bonchev–Trinajstić information content (AvgIpc) is 2.67. The van der Waals surface area contributed by atoms with Crippen LogP contribution in [0.5, 0.6) is 5.75 Å². The van der Waals surface area contributed by atoms with Gasteiger partial charge in [0.25, 0.3) is 10.0 Å². The molecule has 1 amide bonds. The predicted octanol–water partition coefficient (Wildman–Crippen LogP) is 3.81. The molecule has 0 saturated carbocycles. The Morgan fingerprint density at radius 2 is 1.92 bits per heavy atom. The topological polar surface area (TPSA) is 84.5 Å². The van der Waals surface area contributed by atoms with E-state index in [1.165, 1.54) is 12.1 Å². The Kier molecular flexibility index (Phi) is 4.62. The molecule has 8 heteroatoms. The van der Waals surface area contributed by atoms with Crippen LogP contribution in [0.4, 0.5) is 11.4 Å². The second-order valence-corrected chi connectivity index (χ2v) is 8.94. The zero-order valence-corrected chi connectivity index (χ0v) is 16.2. The summed E-state index contributed by atoms with van der Waals surface area (Å²) >= 11 is 6.02. The Hall–Kier alpha value is -2.25. The fraction of sp³-hybridized carbons (Fsp3) is 0.278. The van der Waals surface area contributed by atoms with Crippen LogP contribution in [0, 0.1) is 12.3 Å². The number of benzene rings is 2. The van der Waals surface area contributed by atoms with E-state index in [9.17, 15) is 13.2 Å². The predicted molar refractivity (Wildman–Crippen MR) is 101 cm³/mol. The third-order valence-corrected chi connectivity index (χ3v) is 5.92. The first-order valence-electron chi connectivity index (χ1n) is 7.96. The van der Waals surface area contributed by atoms with Crippen molar-refractivity contribution in [1.82, 2.24) is 0 Å². The van der Waals surface area contributed by atoms with Gasteiger partial charge in [0.2, 0.25) is 5.91 Å². The van der Waals surface area contributed by atoms with Crippen LogP contribution < -0.4 is 14.8 Å². The minimum Gasteiger partial charge on any atom is -0.490 e. The summed E-state index contributed by atoms with van der Waals surface area (Å²) in [5, 5.41) is 3.17. The van der Waals surface area contributed by atoms with E-state index in [-0.39, 0.29) is 17.4 Å². The van der Waals surface area contributed by atoms with Crippen molar-refractivity contribution in [3.63, 3.8) is 0 Å². The maximum Gasteiger partial charge on any atom is 0.261 e. The fourth-order valence-electron chi connectivity index (χ4n) is 2.38. The molecule has 138 valence electrons. The zero-order valence-electron chi connectivity index (χ0n) is 14.6. The lowest BCUT2D eigenvalue weighted by atomic mass is 9.94. The summed E-state index contributed by atoms with van der Waals surface area (Å²) < 4.78 is 33.3. The van der Waals surface area contributed by atoms with Gasteiger partial charge in [-0.1, -0.05) is 17.7 Å². The molecule has 0 saturated heterocycles. The van der Waals surface area contributed by atoms with Crippen LogP contribution in [0.2, 0.25) is 5.02 Å². The Balaban J connectivity index is 1.89. The van der Waals surface area contributed by atoms with Crippen LogP contribution in [0.1, 0.15) is 19.4 Å². The van der Waals surface area contributed by atoms with Gasteiger partial charge >= 0.3 is 0 Å². The van der Waals surface area contributed by atoms with E-state index >= 15 is 0 Å². The largest absolute Gasteiger partial charge is 0.490 e. The van der Waals surface area contributed by atoms with Crippen molar-refractivity contribution in [2.45, 2.75) is 25.7 Å². The summed E-state index contributed by atoms with van der Waals surface area (Å²) in [6.07, 6.45) is 0. The van der Waals surface area contributed by atoms with Crippen molar-refractivity contribution in [2.75, 3.05) is 16.6 Å². The number of amides is 1. The van der Waals surface area contributed by atoms with Gasteiger partial charge in [0.15, 0.2) is 0 Å². The summed E-state index contributed by atoms with van der Waals surface area (Å²) in [4.78, 5) is 12.2. The molecule has 6 nitrogen and oxygen atoms in total. The van der Waals surface area contributed by atoms with E-state index in [0.717, 1.165) is 5.56 Å². The van der Waals surface area contributed by atoms with E-state index in [2.05, 4.69) is 10.0 Å². The Morgan fingerprint density at radius 3 is 2.62 bits per heavy atom. The lowest BCUT2D eigenvalue weighted by Gasteiger charge is -2.18. The first kappa shape index (κ1) is 18.5. The standard InChI is InChI=1S/C18H19ClN2O4S/c1-11-4-6-13(9-14(11)19)26(23,24)21-12-5-7-15-16(8-12)25-10-18(2,3)17(22)20-15/h4-9,21H,10H2,1-3H3,(H,20,22). The summed E-state index contributed by atoms with van der Waals surface area (Å²) in [6, 6.07) is 9.26. The molecule has 0 fully saturated rings. The average molecular weight is 395 g/mol. The zero-order chi connectivity index (χ0) is 19.1. The molecule has 3 rings (SSSR count). The van der Waals surface area contributed by atoms with Gasteiger partial charge in [-0.05, 0) is 50.6 Å². The molecule has 0 unspecified atom stereocenters. The minimum atomic E-state index is -3.80. The molecule has 26 heavy (non-hydrogen) atoms. The van der Waals surface area contributed by atoms with Gasteiger partial charge in [-0.15, -0.1) is 0 Å². The number of nitrogens with one attached hydrogen (secondary N) is 2. The van der Waals surface area contributed by atoms with Crippen molar-refractivity contribution in [3.05, 3.63) is 47.0 Å². The Morgan fingerprint density at radius 1 is 1.19 bits per heavy atom. The van der Waals surface area contributed by atoms with Crippen molar-refractivity contribution in [2.24, 2.45) is 5.41 Å². The molecule has 1 aliphatic rings. The van der Waals surface area contributed by atoms with Crippen molar-refractivity contribution in [1.29, 1.82) is 0 Å². The van der Waals surface area contributed by atoms with Crippen LogP contribution in [0.3, 0.4) is 0 Å². The van der Waals surface area contributed by atoms with Crippen molar-refractivity contribution >= 4 is 38.9 Å². The molecular weight excluding hydrogens is 376 g/mol. The Labute approximate surface area is 157 Å². The number of halogens is 1. The highest BCUT2D eigenvalue weighted by molar-refractivity contribution is 7.92. The van der Waals surface area contributed by atoms with E-state index in [1.807, 2.05) is 0 Å². The third-order valence-electron chi connectivity index (χ3n) is 4.14. The molecule has 0 radical (unpaired) electrons. The summed E-state index contributed by atoms with van der Waals surface area (Å²) in [7, 11) is -3.80. The fourth-order valence-corrected chi connectivity index (χ4v) is 3.70. The second kappa shape index (κ2) is 6.48. The summed E-state index contributed by atoms with van der Waals surface area (Å²) in [6.45, 7) is 5.54. The smallest absolute Gasteiger partial charge is 0.261 e. The molecule has 2 aromatic rings. The number of hydrogen-bond donors (Lipinski definition) is 2. The number of rotatable bonds is 3. The van der Waals surface area contributed by atoms with Gasteiger partial charge in [0.1, 0.15) is 12.4 Å². The van der Waals surface area contributed by atoms with Crippen LogP contribution in [0.15, 0.2) is 41.3 Å². The monoisotopic (exact) mass is 394 g/mol. The van der Waals surface area contributed by atoms with Gasteiger partial charge in [-0.25, -0.2) is 8.42 Å². The number of aryl methyl sites for hydroxylation is 1. The number of carbonyl (C=O) groups is 1. The maximum absolute atomic E-state index is 12.6. The number of fused-ring (bicyclic) bond motifs is 1. The molecule has 2 N–H and O–H groups in total. The van der Waals surface area contributed by atoms with Gasteiger partial charge in [0, 0.05) is 11.1 Å². The molecule has 0 atom stereocenters. The lowest BCUT2D eigenvalue weighted by molar-refractivity contribution is -0.124. The molecule has 2 aromatic carbocycles. The summed E-state index contributed by atoms with van der Waals surface area (Å²) in [5.74, 6) is 0.255. The molecular formula is C18H19ClN2O4S. The SMILES string of the molecule is Cc1ccc(S(=O)(=O)Nc2ccc3c(c2)OCC(C)(C)C(=O)N3)cc1Cl. The minimum absolute atomic E-state index is 0.0680. The van der Waals surface area contributed by atoms with Crippen molar-refractivity contribution in [3.8, 4) is 5.75 Å². The highest BCUT2D eigenvalue weighted by atomic mass is 35.5. The number of sulfonamides is 1. The molecule has 0 aliphatic carbocycles. The molecule has 1 heterocycles. The summed E-state index contributed by atoms with van der Waals surface area (Å²) in [5.41, 5.74) is 0.941. The number of carbonyl (C=O) groups excluding carboxylic acids is 1. The van der Waals surface area contributed by atoms with Crippen molar-refractivity contribution < 1.29 is 17.9 Å². The normalized spacial score (nSPS) is 16.1. The number of ether oxygens (including phenoxy) is 1. The third kappa shape index (κ3) is 3.64. The van der Waals surface area contributed by atoms with E-state index < -0.39 is 15.4 Å². The van der Waals surface area contributed by atoms with Gasteiger partial charge in [0.05, 0.1) is 21.7 Å². The Bertz CT molecular complexity index is 987. The number of hydrogen-bond acceptors (Lipinski definition) is 4. The molecule has 0 aromatic heterocycles. The quantitative estimate of drug-likeness (QED) is 0.829. The molecule has 0 spiro atoms. The van der Waals surface area contributed by atoms with E-state index in [4.69, 9.17) is 16.3 Å². The maximum atomic E-state index is 12.6. The van der Waals surface area contributed by atoms with Crippen LogP contribution >= 0.6 is 11.6 Å². The van der Waals surface area contributed by atoms with Gasteiger partial charge in [-0.2, -0.15) is 0 Å². The van der Waals surface area contributed by atoms with Crippen LogP contribution in [0.25, 0.3) is 0 Å². The first-order chi connectivity index (χ1) is 12.1. The van der Waals surface area contributed by atoms with E-state index in [0.29, 0.717) is 22.1 Å². The number of anilines is 2. The van der Waals surface area contributed by atoms with E-state index in [1.54, 1.807) is 45.0 Å². The first-order valence-corrected chi connectivity index (χ1v) is 9.82. The van der Waals surface area contributed by atoms with Crippen LogP contribution in [-0.2, 0) is 14.8 Å². The molecule has 0 bridgehead atoms. The van der Waals surface area contributed by atoms with Gasteiger partial charge < -0.3 is 10.1 Å². The van der Waals surface area contributed by atoms with Crippen LogP contribution in [-0.4, -0.2) is 20.9 Å². The molecule has 1 aliphatic heterocycles. The highest BCUT2D eigenvalue weighted by Crippen LogP contribution is 2.35. The lowest BCUT2D eigenvalue weighted by Crippen LogP contribution is -2.33. The van der Waals surface area contributed by atoms with Gasteiger partial charge in [-0.3, -0.25) is 9.52 Å². The second-order valence-electron chi connectivity index (χ2n) is 6.85. The highest BCUT2D eigenvalue weighted by Gasteiger charge is 2.32.